The van der Waals surface area contributed by atoms with Gasteiger partial charge in [-0.3, -0.25) is 4.79 Å². The molecule has 0 aromatic heterocycles. The molecule has 1 amide bonds. The highest BCUT2D eigenvalue weighted by atomic mass is 32.2. The fourth-order valence-electron chi connectivity index (χ4n) is 6.13. The first-order valence-electron chi connectivity index (χ1n) is 9.59. The summed E-state index contributed by atoms with van der Waals surface area (Å²) in [5.74, 6) is 0.942. The van der Waals surface area contributed by atoms with Crippen molar-refractivity contribution < 1.29 is 24.7 Å². The van der Waals surface area contributed by atoms with E-state index >= 15 is 0 Å². The van der Waals surface area contributed by atoms with Crippen LogP contribution in [0.1, 0.15) is 58.3 Å². The van der Waals surface area contributed by atoms with Crippen molar-refractivity contribution >= 4 is 23.2 Å². The molecule has 26 heavy (non-hydrogen) atoms. The van der Waals surface area contributed by atoms with Crippen LogP contribution in [0.25, 0.3) is 0 Å². The number of carbonyl (C=O) groups excluding carboxylic acids is 1. The van der Waals surface area contributed by atoms with Crippen LogP contribution in [0.2, 0.25) is 0 Å². The number of rotatable bonds is 5. The van der Waals surface area contributed by atoms with Crippen LogP contribution in [0.4, 0.5) is 0 Å². The Kier molecular flexibility index (Phi) is 5.59. The molecule has 4 saturated carbocycles. The van der Waals surface area contributed by atoms with Gasteiger partial charge < -0.3 is 20.0 Å². The third-order valence-corrected chi connectivity index (χ3v) is 8.70. The highest BCUT2D eigenvalue weighted by Gasteiger charge is 2.58. The monoisotopic (exact) mass is 386 g/mol. The summed E-state index contributed by atoms with van der Waals surface area (Å²) in [5.41, 5.74) is 0. The van der Waals surface area contributed by atoms with Gasteiger partial charge in [-0.2, -0.15) is 0 Å². The van der Waals surface area contributed by atoms with Gasteiger partial charge in [-0.05, 0) is 56.8 Å². The van der Waals surface area contributed by atoms with E-state index in [2.05, 4.69) is 4.72 Å². The van der Waals surface area contributed by atoms with Crippen LogP contribution < -0.4 is 4.72 Å². The summed E-state index contributed by atoms with van der Waals surface area (Å²) in [6, 6.07) is -1.33. The molecule has 0 aromatic carbocycles. The lowest BCUT2D eigenvalue weighted by Gasteiger charge is -2.55. The van der Waals surface area contributed by atoms with Crippen molar-refractivity contribution in [2.24, 2.45) is 17.8 Å². The lowest BCUT2D eigenvalue weighted by Crippen LogP contribution is -2.60. The average molecular weight is 387 g/mol. The van der Waals surface area contributed by atoms with Crippen molar-refractivity contribution in [3.8, 4) is 0 Å². The van der Waals surface area contributed by atoms with Crippen molar-refractivity contribution in [1.82, 2.24) is 9.62 Å². The summed E-state index contributed by atoms with van der Waals surface area (Å²) in [7, 11) is 0. The molecule has 5 aliphatic rings. The van der Waals surface area contributed by atoms with Crippen molar-refractivity contribution in [2.75, 3.05) is 6.54 Å². The van der Waals surface area contributed by atoms with Gasteiger partial charge in [-0.15, -0.1) is 4.72 Å². The van der Waals surface area contributed by atoms with E-state index in [1.165, 1.54) is 24.2 Å². The number of carbonyl (C=O) groups is 2. The van der Waals surface area contributed by atoms with Gasteiger partial charge in [0.25, 0.3) is 0 Å². The van der Waals surface area contributed by atoms with Crippen molar-refractivity contribution in [3.05, 3.63) is 0 Å². The van der Waals surface area contributed by atoms with Gasteiger partial charge in [0.1, 0.15) is 16.8 Å². The maximum absolute atomic E-state index is 13.2. The molecule has 148 valence electrons. The van der Waals surface area contributed by atoms with Crippen LogP contribution in [-0.2, 0) is 21.0 Å². The largest absolute Gasteiger partial charge is 0.598 e. The molecule has 1 heterocycles. The Morgan fingerprint density at radius 2 is 1.73 bits per heavy atom. The van der Waals surface area contributed by atoms with Crippen molar-refractivity contribution in [1.29, 1.82) is 0 Å². The number of likely N-dealkylation sites (tertiary alicyclic amines) is 1. The van der Waals surface area contributed by atoms with Crippen LogP contribution in [0.5, 0.6) is 0 Å². The Morgan fingerprint density at radius 3 is 2.23 bits per heavy atom. The molecule has 4 aliphatic carbocycles. The van der Waals surface area contributed by atoms with E-state index in [1.54, 1.807) is 6.92 Å². The number of amides is 1. The molecule has 7 nitrogen and oxygen atoms in total. The normalized spacial score (nSPS) is 40.2. The topological polar surface area (TPSA) is 124 Å². The minimum atomic E-state index is -1.24. The maximum atomic E-state index is 13.2. The third-order valence-electron chi connectivity index (χ3n) is 6.85. The van der Waals surface area contributed by atoms with Gasteiger partial charge >= 0.3 is 5.97 Å². The molecule has 4 bridgehead atoms. The smallest absolute Gasteiger partial charge is 0.326 e. The summed E-state index contributed by atoms with van der Waals surface area (Å²) in [4.78, 5) is 25.4. The zero-order chi connectivity index (χ0) is 17.8. The molecule has 5 rings (SSSR count). The molecule has 5 fully saturated rings. The van der Waals surface area contributed by atoms with Gasteiger partial charge in [0, 0.05) is 37.2 Å². The van der Waals surface area contributed by atoms with Gasteiger partial charge in [0.05, 0.1) is 0 Å². The molecule has 1 saturated heterocycles. The van der Waals surface area contributed by atoms with Gasteiger partial charge in [0.15, 0.2) is 0 Å². The Morgan fingerprint density at radius 1 is 1.19 bits per heavy atom. The average Bonchev–Trinajstić information content (AvgIpc) is 3.02. The summed E-state index contributed by atoms with van der Waals surface area (Å²) >= 11 is -1.24. The van der Waals surface area contributed by atoms with Crippen LogP contribution in [0.3, 0.4) is 0 Å². The lowest BCUT2D eigenvalue weighted by atomic mass is 9.56. The fourth-order valence-corrected chi connectivity index (χ4v) is 7.96. The van der Waals surface area contributed by atoms with E-state index < -0.39 is 29.4 Å². The molecule has 1 unspecified atom stereocenters. The second-order valence-corrected chi connectivity index (χ2v) is 10.4. The number of aliphatic carboxylic acids is 1. The standard InChI is InChI=1S/C18H28N2O4S.H2O/c1-11(16(21)20-4-2-3-15(20)17(22)23)19-25(24)18-8-12-5-13(9-18)7-14(6-12)10-18;/h11-15,19H,2-10H2,1H3,(H,22,23);1H2/t11-,12?,13?,14?,15-,18?,25?;/m0./s1. The van der Waals surface area contributed by atoms with E-state index in [0.29, 0.717) is 37.1 Å². The molecule has 0 radical (unpaired) electrons. The first kappa shape index (κ1) is 19.9. The van der Waals surface area contributed by atoms with Crippen LogP contribution in [0, 0.1) is 17.8 Å². The van der Waals surface area contributed by atoms with E-state index in [1.807, 2.05) is 0 Å². The number of carboxylic acids is 1. The Labute approximate surface area is 157 Å². The van der Waals surface area contributed by atoms with Crippen LogP contribution in [0.15, 0.2) is 0 Å². The van der Waals surface area contributed by atoms with Crippen molar-refractivity contribution in [2.45, 2.75) is 75.1 Å². The summed E-state index contributed by atoms with van der Waals surface area (Å²) < 4.78 is 16.0. The van der Waals surface area contributed by atoms with E-state index in [4.69, 9.17) is 0 Å². The third kappa shape index (κ3) is 3.37. The number of hydrogen-bond acceptors (Lipinski definition) is 4. The first-order chi connectivity index (χ1) is 11.9. The quantitative estimate of drug-likeness (QED) is 0.678. The number of nitrogens with zero attached hydrogens (tertiary/aromatic N) is 1. The van der Waals surface area contributed by atoms with E-state index in [9.17, 15) is 19.2 Å². The minimum Gasteiger partial charge on any atom is -0.598 e. The Hall–Kier alpha value is -0.830. The maximum Gasteiger partial charge on any atom is 0.326 e. The Bertz CT molecular complexity index is 537. The first-order valence-corrected chi connectivity index (χ1v) is 10.7. The molecule has 1 aliphatic heterocycles. The van der Waals surface area contributed by atoms with Gasteiger partial charge in [0.2, 0.25) is 5.91 Å². The van der Waals surface area contributed by atoms with Crippen LogP contribution >= 0.6 is 0 Å². The van der Waals surface area contributed by atoms with Crippen molar-refractivity contribution in [3.63, 3.8) is 0 Å². The number of carboxylic acid groups (broad SMARTS) is 1. The molecule has 0 aromatic rings. The SMILES string of the molecule is C[C@H](N[S+]([O-])C12CC3CC(CC(C3)C1)C2)C(=O)N1CCC[C@H]1C(=O)O.O. The second-order valence-electron chi connectivity index (χ2n) is 8.74. The molecule has 8 heteroatoms. The second kappa shape index (κ2) is 7.30. The fraction of sp³-hybridized carbons (Fsp3) is 0.889. The zero-order valence-corrected chi connectivity index (χ0v) is 16.1. The van der Waals surface area contributed by atoms with Gasteiger partial charge in [-0.25, -0.2) is 4.79 Å². The summed E-state index contributed by atoms with van der Waals surface area (Å²) in [5, 5.41) is 9.28. The zero-order valence-electron chi connectivity index (χ0n) is 15.3. The highest BCUT2D eigenvalue weighted by Crippen LogP contribution is 2.58. The number of hydrogen-bond donors (Lipinski definition) is 2. The van der Waals surface area contributed by atoms with Gasteiger partial charge in [-0.1, -0.05) is 0 Å². The Balaban J connectivity index is 0.00000196. The molecule has 3 atom stereocenters. The number of nitrogens with one attached hydrogen (secondary N) is 1. The summed E-state index contributed by atoms with van der Waals surface area (Å²) in [6.45, 7) is 2.20. The van der Waals surface area contributed by atoms with E-state index in [-0.39, 0.29) is 16.1 Å². The highest BCUT2D eigenvalue weighted by molar-refractivity contribution is 7.91. The predicted octanol–water partition coefficient (Wildman–Crippen LogP) is 0.848. The molecular weight excluding hydrogens is 356 g/mol. The molecule has 0 spiro atoms. The molecule has 4 N–H and O–H groups in total. The van der Waals surface area contributed by atoms with Crippen LogP contribution in [-0.4, -0.2) is 55.3 Å². The molecular formula is C18H30N2O5S. The predicted molar refractivity (Wildman–Crippen MR) is 97.6 cm³/mol. The van der Waals surface area contributed by atoms with E-state index in [0.717, 1.165) is 19.3 Å². The lowest BCUT2D eigenvalue weighted by molar-refractivity contribution is -0.148. The summed E-state index contributed by atoms with van der Waals surface area (Å²) in [6.07, 6.45) is 8.14. The minimum absolute atomic E-state index is 0.